The first-order valence-electron chi connectivity index (χ1n) is 6.33. The second kappa shape index (κ2) is 6.53. The van der Waals surface area contributed by atoms with Gasteiger partial charge in [0.15, 0.2) is 0 Å². The molecule has 0 bridgehead atoms. The molecule has 2 aromatic rings. The summed E-state index contributed by atoms with van der Waals surface area (Å²) in [5.41, 5.74) is 3.66. The smallest absolute Gasteiger partial charge is 0.0400 e. The SMILES string of the molecule is CSc1ccc(CNc2cccc(N(C)C)c2)cc1. The van der Waals surface area contributed by atoms with Gasteiger partial charge in [0.1, 0.15) is 0 Å². The van der Waals surface area contributed by atoms with Crippen molar-refractivity contribution in [3.05, 3.63) is 54.1 Å². The van der Waals surface area contributed by atoms with Crippen molar-refractivity contribution in [2.45, 2.75) is 11.4 Å². The first kappa shape index (κ1) is 13.8. The maximum absolute atomic E-state index is 3.46. The number of rotatable bonds is 5. The van der Waals surface area contributed by atoms with E-state index < -0.39 is 0 Å². The van der Waals surface area contributed by atoms with Gasteiger partial charge in [0.25, 0.3) is 0 Å². The third-order valence-corrected chi connectivity index (χ3v) is 3.76. The fraction of sp³-hybridized carbons (Fsp3) is 0.250. The summed E-state index contributed by atoms with van der Waals surface area (Å²) >= 11 is 1.77. The summed E-state index contributed by atoms with van der Waals surface area (Å²) in [6.07, 6.45) is 2.10. The van der Waals surface area contributed by atoms with E-state index in [0.29, 0.717) is 0 Å². The molecule has 1 N–H and O–H groups in total. The molecule has 0 spiro atoms. The van der Waals surface area contributed by atoms with Gasteiger partial charge >= 0.3 is 0 Å². The fourth-order valence-corrected chi connectivity index (χ4v) is 2.25. The number of anilines is 2. The highest BCUT2D eigenvalue weighted by Crippen LogP contribution is 2.19. The van der Waals surface area contributed by atoms with Gasteiger partial charge in [-0.3, -0.25) is 0 Å². The van der Waals surface area contributed by atoms with Gasteiger partial charge in [-0.25, -0.2) is 0 Å². The third-order valence-electron chi connectivity index (χ3n) is 3.02. The zero-order chi connectivity index (χ0) is 13.7. The van der Waals surface area contributed by atoms with Crippen LogP contribution in [0.3, 0.4) is 0 Å². The Morgan fingerprint density at radius 2 is 1.79 bits per heavy atom. The number of nitrogens with one attached hydrogen (secondary N) is 1. The Morgan fingerprint density at radius 3 is 2.42 bits per heavy atom. The lowest BCUT2D eigenvalue weighted by Crippen LogP contribution is -2.09. The highest BCUT2D eigenvalue weighted by Gasteiger charge is 1.98. The summed E-state index contributed by atoms with van der Waals surface area (Å²) in [5, 5.41) is 3.46. The Morgan fingerprint density at radius 1 is 1.05 bits per heavy atom. The van der Waals surface area contributed by atoms with E-state index in [1.807, 2.05) is 0 Å². The van der Waals surface area contributed by atoms with Crippen LogP contribution in [0.1, 0.15) is 5.56 Å². The van der Waals surface area contributed by atoms with Crippen LogP contribution in [0.15, 0.2) is 53.4 Å². The minimum atomic E-state index is 0.853. The quantitative estimate of drug-likeness (QED) is 0.825. The second-order valence-electron chi connectivity index (χ2n) is 4.65. The first-order valence-corrected chi connectivity index (χ1v) is 7.55. The molecule has 100 valence electrons. The molecule has 0 heterocycles. The minimum absolute atomic E-state index is 0.853. The van der Waals surface area contributed by atoms with Crippen LogP contribution in [0.25, 0.3) is 0 Å². The van der Waals surface area contributed by atoms with Crippen LogP contribution in [-0.2, 0) is 6.54 Å². The second-order valence-corrected chi connectivity index (χ2v) is 5.53. The summed E-state index contributed by atoms with van der Waals surface area (Å²) in [6, 6.07) is 17.1. The lowest BCUT2D eigenvalue weighted by atomic mass is 10.2. The molecule has 3 heteroatoms. The molecule has 0 fully saturated rings. The van der Waals surface area contributed by atoms with E-state index in [0.717, 1.165) is 12.2 Å². The Hall–Kier alpha value is -1.61. The van der Waals surface area contributed by atoms with Crippen LogP contribution >= 0.6 is 11.8 Å². The molecule has 19 heavy (non-hydrogen) atoms. The molecule has 0 atom stereocenters. The van der Waals surface area contributed by atoms with Gasteiger partial charge in [-0.2, -0.15) is 0 Å². The molecule has 0 amide bonds. The third kappa shape index (κ3) is 3.93. The largest absolute Gasteiger partial charge is 0.381 e. The monoisotopic (exact) mass is 272 g/mol. The minimum Gasteiger partial charge on any atom is -0.381 e. The van der Waals surface area contributed by atoms with Crippen molar-refractivity contribution in [3.8, 4) is 0 Å². The van der Waals surface area contributed by atoms with Crippen molar-refractivity contribution in [1.29, 1.82) is 0 Å². The number of hydrogen-bond acceptors (Lipinski definition) is 3. The summed E-state index contributed by atoms with van der Waals surface area (Å²) in [6.45, 7) is 0.853. The zero-order valence-electron chi connectivity index (χ0n) is 11.7. The average Bonchev–Trinajstić information content (AvgIpc) is 2.46. The van der Waals surface area contributed by atoms with Gasteiger partial charge in [0, 0.05) is 36.9 Å². The maximum atomic E-state index is 3.46. The zero-order valence-corrected chi connectivity index (χ0v) is 12.5. The summed E-state index contributed by atoms with van der Waals surface area (Å²) in [5.74, 6) is 0. The van der Waals surface area contributed by atoms with E-state index in [-0.39, 0.29) is 0 Å². The first-order chi connectivity index (χ1) is 9.19. The van der Waals surface area contributed by atoms with E-state index in [9.17, 15) is 0 Å². The summed E-state index contributed by atoms with van der Waals surface area (Å²) < 4.78 is 0. The van der Waals surface area contributed by atoms with Crippen molar-refractivity contribution in [2.75, 3.05) is 30.6 Å². The Kier molecular flexibility index (Phi) is 4.74. The van der Waals surface area contributed by atoms with Crippen molar-refractivity contribution in [3.63, 3.8) is 0 Å². The molecule has 0 radical (unpaired) electrons. The van der Waals surface area contributed by atoms with E-state index >= 15 is 0 Å². The standard InChI is InChI=1S/C16H20N2S/c1-18(2)15-6-4-5-14(11-15)17-12-13-7-9-16(19-3)10-8-13/h4-11,17H,12H2,1-3H3. The molecule has 2 nitrogen and oxygen atoms in total. The highest BCUT2D eigenvalue weighted by molar-refractivity contribution is 7.98. The molecule has 0 aliphatic carbocycles. The van der Waals surface area contributed by atoms with Crippen molar-refractivity contribution in [1.82, 2.24) is 0 Å². The fourth-order valence-electron chi connectivity index (χ4n) is 1.84. The molecule has 0 saturated carbocycles. The van der Waals surface area contributed by atoms with E-state index in [1.54, 1.807) is 11.8 Å². The summed E-state index contributed by atoms with van der Waals surface area (Å²) in [4.78, 5) is 3.41. The Bertz CT molecular complexity index is 521. The molecule has 0 aliphatic rings. The van der Waals surface area contributed by atoms with Crippen LogP contribution in [0, 0.1) is 0 Å². The van der Waals surface area contributed by atoms with Crippen LogP contribution in [0.5, 0.6) is 0 Å². The van der Waals surface area contributed by atoms with Gasteiger partial charge in [0.05, 0.1) is 0 Å². The lowest BCUT2D eigenvalue weighted by Gasteiger charge is -2.14. The Labute approximate surface area is 119 Å². The van der Waals surface area contributed by atoms with E-state index in [4.69, 9.17) is 0 Å². The maximum Gasteiger partial charge on any atom is 0.0400 e. The van der Waals surface area contributed by atoms with Crippen molar-refractivity contribution in [2.24, 2.45) is 0 Å². The molecule has 2 aromatic carbocycles. The van der Waals surface area contributed by atoms with Crippen LogP contribution < -0.4 is 10.2 Å². The van der Waals surface area contributed by atoms with E-state index in [1.165, 1.54) is 16.1 Å². The molecular weight excluding hydrogens is 252 g/mol. The van der Waals surface area contributed by atoms with Crippen molar-refractivity contribution < 1.29 is 0 Å². The van der Waals surface area contributed by atoms with Gasteiger partial charge in [0.2, 0.25) is 0 Å². The summed E-state index contributed by atoms with van der Waals surface area (Å²) in [7, 11) is 4.11. The predicted octanol–water partition coefficient (Wildman–Crippen LogP) is 4.09. The number of hydrogen-bond donors (Lipinski definition) is 1. The number of thioether (sulfide) groups is 1. The lowest BCUT2D eigenvalue weighted by molar-refractivity contribution is 1.12. The molecule has 2 rings (SSSR count). The van der Waals surface area contributed by atoms with E-state index in [2.05, 4.69) is 79.1 Å². The normalized spacial score (nSPS) is 10.3. The number of benzene rings is 2. The average molecular weight is 272 g/mol. The number of nitrogens with zero attached hydrogens (tertiary/aromatic N) is 1. The van der Waals surface area contributed by atoms with Crippen LogP contribution in [-0.4, -0.2) is 20.4 Å². The molecule has 0 aliphatic heterocycles. The molecular formula is C16H20N2S. The van der Waals surface area contributed by atoms with Gasteiger partial charge < -0.3 is 10.2 Å². The van der Waals surface area contributed by atoms with Gasteiger partial charge in [-0.15, -0.1) is 11.8 Å². The Balaban J connectivity index is 1.99. The predicted molar refractivity (Wildman–Crippen MR) is 86.3 cm³/mol. The molecule has 0 aromatic heterocycles. The van der Waals surface area contributed by atoms with Crippen LogP contribution in [0.2, 0.25) is 0 Å². The topological polar surface area (TPSA) is 15.3 Å². The van der Waals surface area contributed by atoms with Gasteiger partial charge in [-0.05, 0) is 42.2 Å². The van der Waals surface area contributed by atoms with Gasteiger partial charge in [-0.1, -0.05) is 18.2 Å². The van der Waals surface area contributed by atoms with Crippen molar-refractivity contribution >= 4 is 23.1 Å². The molecule has 0 unspecified atom stereocenters. The highest BCUT2D eigenvalue weighted by atomic mass is 32.2. The molecule has 0 saturated heterocycles. The van der Waals surface area contributed by atoms with Crippen LogP contribution in [0.4, 0.5) is 11.4 Å².